The van der Waals surface area contributed by atoms with Gasteiger partial charge in [-0.05, 0) is 24.3 Å². The lowest BCUT2D eigenvalue weighted by Gasteiger charge is -2.03. The minimum atomic E-state index is -0.466. The van der Waals surface area contributed by atoms with Crippen molar-refractivity contribution >= 4 is 45.6 Å². The third-order valence-electron chi connectivity index (χ3n) is 2.32. The number of nitrogens with one attached hydrogen (secondary N) is 1. The maximum atomic E-state index is 11.7. The largest absolute Gasteiger partial charge is 0.324 e. The molecule has 1 amide bonds. The van der Waals surface area contributed by atoms with E-state index in [1.165, 1.54) is 18.2 Å². The zero-order valence-corrected chi connectivity index (χ0v) is 11.6. The van der Waals surface area contributed by atoms with Crippen molar-refractivity contribution < 1.29 is 9.72 Å². The highest BCUT2D eigenvalue weighted by molar-refractivity contribution is 7.16. The maximum absolute atomic E-state index is 11.7. The molecule has 0 fully saturated rings. The number of nitrogens with zero attached hydrogens (tertiary/aromatic N) is 1. The minimum absolute atomic E-state index is 0.0381. The van der Waals surface area contributed by atoms with E-state index in [0.29, 0.717) is 15.6 Å². The molecule has 2 aromatic rings. The van der Waals surface area contributed by atoms with E-state index >= 15 is 0 Å². The number of carbonyl (C=O) groups excluding carboxylic acids is 1. The number of hydrogen-bond donors (Lipinski definition) is 1. The molecule has 0 saturated heterocycles. The van der Waals surface area contributed by atoms with Crippen LogP contribution in [-0.4, -0.2) is 10.8 Å². The SMILES string of the molecule is O=C(/C=C/c1ccc([N+](=O)[O-])s1)Nc1ccccc1Cl. The van der Waals surface area contributed by atoms with Gasteiger partial charge in [0.05, 0.1) is 15.6 Å². The molecule has 0 unspecified atom stereocenters. The van der Waals surface area contributed by atoms with Gasteiger partial charge < -0.3 is 5.32 Å². The van der Waals surface area contributed by atoms with E-state index in [2.05, 4.69) is 5.32 Å². The Bertz CT molecular complexity index is 682. The zero-order chi connectivity index (χ0) is 14.5. The number of halogens is 1. The van der Waals surface area contributed by atoms with Crippen molar-refractivity contribution in [3.05, 3.63) is 62.5 Å². The summed E-state index contributed by atoms with van der Waals surface area (Å²) in [6, 6.07) is 9.86. The summed E-state index contributed by atoms with van der Waals surface area (Å²) in [4.78, 5) is 22.4. The molecule has 0 atom stereocenters. The molecule has 1 heterocycles. The van der Waals surface area contributed by atoms with Crippen molar-refractivity contribution in [1.29, 1.82) is 0 Å². The number of thiophene rings is 1. The average Bonchev–Trinajstić information content (AvgIpc) is 2.88. The molecule has 0 aliphatic heterocycles. The van der Waals surface area contributed by atoms with Gasteiger partial charge in [0.2, 0.25) is 5.91 Å². The summed E-state index contributed by atoms with van der Waals surface area (Å²) in [6.45, 7) is 0. The molecule has 1 N–H and O–H groups in total. The summed E-state index contributed by atoms with van der Waals surface area (Å²) >= 11 is 6.91. The van der Waals surface area contributed by atoms with Crippen LogP contribution in [0.5, 0.6) is 0 Å². The molecule has 7 heteroatoms. The van der Waals surface area contributed by atoms with Crippen molar-refractivity contribution in [2.45, 2.75) is 0 Å². The predicted molar refractivity (Wildman–Crippen MR) is 80.1 cm³/mol. The Balaban J connectivity index is 2.02. The average molecular weight is 309 g/mol. The number of anilines is 1. The van der Waals surface area contributed by atoms with Crippen LogP contribution in [0.3, 0.4) is 0 Å². The zero-order valence-electron chi connectivity index (χ0n) is 10.1. The molecular weight excluding hydrogens is 300 g/mol. The van der Waals surface area contributed by atoms with Gasteiger partial charge in [0.1, 0.15) is 0 Å². The van der Waals surface area contributed by atoms with Crippen molar-refractivity contribution in [2.24, 2.45) is 0 Å². The first kappa shape index (κ1) is 14.2. The van der Waals surface area contributed by atoms with Gasteiger partial charge in [-0.3, -0.25) is 14.9 Å². The highest BCUT2D eigenvalue weighted by atomic mass is 35.5. The molecule has 0 aliphatic rings. The second kappa shape index (κ2) is 6.31. The maximum Gasteiger partial charge on any atom is 0.324 e. The molecule has 2 rings (SSSR count). The summed E-state index contributed by atoms with van der Waals surface area (Å²) in [5.41, 5.74) is 0.515. The fourth-order valence-electron chi connectivity index (χ4n) is 1.42. The fraction of sp³-hybridized carbons (Fsp3) is 0. The number of rotatable bonds is 4. The Morgan fingerprint density at radius 2 is 2.05 bits per heavy atom. The molecule has 0 bridgehead atoms. The Kier molecular flexibility index (Phi) is 4.49. The van der Waals surface area contributed by atoms with Gasteiger partial charge >= 0.3 is 5.00 Å². The van der Waals surface area contributed by atoms with Crippen LogP contribution < -0.4 is 5.32 Å². The summed E-state index contributed by atoms with van der Waals surface area (Å²) in [7, 11) is 0. The molecule has 0 spiro atoms. The molecule has 0 aliphatic carbocycles. The van der Waals surface area contributed by atoms with E-state index in [0.717, 1.165) is 11.3 Å². The fourth-order valence-corrected chi connectivity index (χ4v) is 2.33. The van der Waals surface area contributed by atoms with Gasteiger partial charge in [0.25, 0.3) is 0 Å². The highest BCUT2D eigenvalue weighted by Gasteiger charge is 2.08. The van der Waals surface area contributed by atoms with Crippen LogP contribution >= 0.6 is 22.9 Å². The van der Waals surface area contributed by atoms with Crippen LogP contribution in [0, 0.1) is 10.1 Å². The van der Waals surface area contributed by atoms with Gasteiger partial charge in [-0.1, -0.05) is 35.1 Å². The Morgan fingerprint density at radius 3 is 2.70 bits per heavy atom. The van der Waals surface area contributed by atoms with Crippen LogP contribution in [0.15, 0.2) is 42.5 Å². The van der Waals surface area contributed by atoms with E-state index < -0.39 is 4.92 Å². The molecular formula is C13H9ClN2O3S. The first-order chi connectivity index (χ1) is 9.56. The molecule has 0 saturated carbocycles. The van der Waals surface area contributed by atoms with Gasteiger partial charge in [0, 0.05) is 17.0 Å². The molecule has 20 heavy (non-hydrogen) atoms. The molecule has 1 aromatic heterocycles. The smallest absolute Gasteiger partial charge is 0.321 e. The minimum Gasteiger partial charge on any atom is -0.321 e. The number of benzene rings is 1. The normalized spacial score (nSPS) is 10.7. The standard InChI is InChI=1S/C13H9ClN2O3S/c14-10-3-1-2-4-11(10)15-12(17)7-5-9-6-8-13(20-9)16(18)19/h1-8H,(H,15,17)/b7-5+. The molecule has 5 nitrogen and oxygen atoms in total. The first-order valence-corrected chi connectivity index (χ1v) is 6.73. The van der Waals surface area contributed by atoms with E-state index in [1.807, 2.05) is 0 Å². The number of amides is 1. The van der Waals surface area contributed by atoms with Crippen molar-refractivity contribution in [3.8, 4) is 0 Å². The third-order valence-corrected chi connectivity index (χ3v) is 3.65. The lowest BCUT2D eigenvalue weighted by Crippen LogP contribution is -2.07. The quantitative estimate of drug-likeness (QED) is 0.528. The number of carbonyl (C=O) groups is 1. The first-order valence-electron chi connectivity index (χ1n) is 5.54. The van der Waals surface area contributed by atoms with Crippen molar-refractivity contribution in [2.75, 3.05) is 5.32 Å². The second-order valence-electron chi connectivity index (χ2n) is 3.74. The van der Waals surface area contributed by atoms with Crippen molar-refractivity contribution in [1.82, 2.24) is 0 Å². The van der Waals surface area contributed by atoms with Crippen LogP contribution in [0.2, 0.25) is 5.02 Å². The highest BCUT2D eigenvalue weighted by Crippen LogP contribution is 2.25. The van der Waals surface area contributed by atoms with Gasteiger partial charge in [-0.25, -0.2) is 0 Å². The molecule has 102 valence electrons. The van der Waals surface area contributed by atoms with E-state index in [4.69, 9.17) is 11.6 Å². The molecule has 0 radical (unpaired) electrons. The van der Waals surface area contributed by atoms with E-state index in [-0.39, 0.29) is 10.9 Å². The number of hydrogen-bond acceptors (Lipinski definition) is 4. The van der Waals surface area contributed by atoms with Crippen LogP contribution in [-0.2, 0) is 4.79 Å². The Morgan fingerprint density at radius 1 is 1.30 bits per heavy atom. The Hall–Kier alpha value is -2.18. The number of nitro groups is 1. The molecule has 1 aromatic carbocycles. The second-order valence-corrected chi connectivity index (χ2v) is 5.24. The predicted octanol–water partition coefficient (Wildman–Crippen LogP) is 3.96. The van der Waals surface area contributed by atoms with Gasteiger partial charge in [0.15, 0.2) is 0 Å². The lowest BCUT2D eigenvalue weighted by molar-refractivity contribution is -0.380. The van der Waals surface area contributed by atoms with E-state index in [1.54, 1.807) is 30.3 Å². The van der Waals surface area contributed by atoms with Crippen LogP contribution in [0.4, 0.5) is 10.7 Å². The van der Waals surface area contributed by atoms with Gasteiger partial charge in [-0.15, -0.1) is 0 Å². The van der Waals surface area contributed by atoms with Gasteiger partial charge in [-0.2, -0.15) is 0 Å². The van der Waals surface area contributed by atoms with Crippen molar-refractivity contribution in [3.63, 3.8) is 0 Å². The third kappa shape index (κ3) is 3.66. The summed E-state index contributed by atoms with van der Waals surface area (Å²) in [6.07, 6.45) is 2.82. The topological polar surface area (TPSA) is 72.2 Å². The summed E-state index contributed by atoms with van der Waals surface area (Å²) < 4.78 is 0. The monoisotopic (exact) mass is 308 g/mol. The number of para-hydroxylation sites is 1. The van der Waals surface area contributed by atoms with E-state index in [9.17, 15) is 14.9 Å². The summed E-state index contributed by atoms with van der Waals surface area (Å²) in [5, 5.41) is 13.6. The summed E-state index contributed by atoms with van der Waals surface area (Å²) in [5.74, 6) is -0.353. The Labute approximate surface area is 123 Å². The van der Waals surface area contributed by atoms with Crippen LogP contribution in [0.1, 0.15) is 4.88 Å². The van der Waals surface area contributed by atoms with Crippen LogP contribution in [0.25, 0.3) is 6.08 Å². The lowest BCUT2D eigenvalue weighted by atomic mass is 10.3.